The third-order valence-electron chi connectivity index (χ3n) is 10.6. The van der Waals surface area contributed by atoms with Gasteiger partial charge >= 0.3 is 5.97 Å². The summed E-state index contributed by atoms with van der Waals surface area (Å²) in [5, 5.41) is 0. The summed E-state index contributed by atoms with van der Waals surface area (Å²) in [4.78, 5) is 25.7. The molecule has 7 rings (SSSR count). The zero-order valence-corrected chi connectivity index (χ0v) is 19.9. The van der Waals surface area contributed by atoms with E-state index in [4.69, 9.17) is 14.2 Å². The van der Waals surface area contributed by atoms with Crippen LogP contribution in [0.5, 0.6) is 0 Å². The highest BCUT2D eigenvalue weighted by Gasteiger charge is 2.76. The second-order valence-corrected chi connectivity index (χ2v) is 11.9. The third kappa shape index (κ3) is 2.31. The lowest BCUT2D eigenvalue weighted by atomic mass is 9.49. The maximum Gasteiger partial charge on any atom is 0.341 e. The average Bonchev–Trinajstić information content (AvgIpc) is 3.64. The molecule has 1 aromatic rings. The van der Waals surface area contributed by atoms with Crippen LogP contribution in [-0.2, 0) is 30.2 Å². The van der Waals surface area contributed by atoms with Crippen molar-refractivity contribution in [3.05, 3.63) is 47.0 Å². The summed E-state index contributed by atoms with van der Waals surface area (Å²) < 4.78 is 17.9. The molecule has 0 amide bonds. The first-order valence-electron chi connectivity index (χ1n) is 12.6. The molecule has 33 heavy (non-hydrogen) atoms. The molecule has 3 heterocycles. The van der Waals surface area contributed by atoms with E-state index in [1.807, 2.05) is 19.9 Å². The molecule has 0 N–H and O–H groups in total. The Morgan fingerprint density at radius 2 is 1.97 bits per heavy atom. The number of benzene rings is 1. The Kier molecular flexibility index (Phi) is 3.70. The average molecular weight is 449 g/mol. The van der Waals surface area contributed by atoms with Gasteiger partial charge in [0.05, 0.1) is 11.5 Å². The topological polar surface area (TPSA) is 68.4 Å². The Morgan fingerprint density at radius 1 is 1.15 bits per heavy atom. The largest absolute Gasteiger partial charge is 0.459 e. The molecule has 174 valence electrons. The number of cyclic esters (lactones) is 1. The van der Waals surface area contributed by atoms with Crippen LogP contribution in [-0.4, -0.2) is 40.8 Å². The molecule has 3 aliphatic heterocycles. The highest BCUT2D eigenvalue weighted by molar-refractivity contribution is 5.98. The number of ether oxygens (including phenoxy) is 3. The van der Waals surface area contributed by atoms with Gasteiger partial charge in [0.15, 0.2) is 11.4 Å². The SMILES string of the molecule is C[C@@H](c1ccc2c(c1)CC[C@H]1[C@H]2C[C@@H]2O[C@@]23CC=CC(=O)[C@]13C)[C@H]1C[C@]2(C)O[C@]2(C)C(=O)O1. The predicted octanol–water partition coefficient (Wildman–Crippen LogP) is 4.38. The predicted molar refractivity (Wildman–Crippen MR) is 121 cm³/mol. The van der Waals surface area contributed by atoms with Crippen molar-refractivity contribution in [2.75, 3.05) is 0 Å². The summed E-state index contributed by atoms with van der Waals surface area (Å²) in [5.74, 6) is 0.820. The molecule has 1 spiro atoms. The Labute approximate surface area is 194 Å². The van der Waals surface area contributed by atoms with Crippen molar-refractivity contribution in [2.24, 2.45) is 11.3 Å². The van der Waals surface area contributed by atoms with Crippen LogP contribution in [0.25, 0.3) is 0 Å². The summed E-state index contributed by atoms with van der Waals surface area (Å²) in [6.45, 7) is 8.18. The quantitative estimate of drug-likeness (QED) is 0.496. The third-order valence-corrected chi connectivity index (χ3v) is 10.6. The Hall–Kier alpha value is -1.98. The normalized spacial score (nSPS) is 49.6. The first kappa shape index (κ1) is 20.4. The van der Waals surface area contributed by atoms with Gasteiger partial charge in [-0.3, -0.25) is 4.79 Å². The van der Waals surface area contributed by atoms with E-state index in [1.165, 1.54) is 16.7 Å². The van der Waals surface area contributed by atoms with E-state index in [1.54, 1.807) is 6.08 Å². The van der Waals surface area contributed by atoms with E-state index in [0.29, 0.717) is 11.8 Å². The summed E-state index contributed by atoms with van der Waals surface area (Å²) in [5.41, 5.74) is 2.15. The van der Waals surface area contributed by atoms with E-state index in [0.717, 1.165) is 32.1 Å². The van der Waals surface area contributed by atoms with Gasteiger partial charge in [-0.15, -0.1) is 0 Å². The van der Waals surface area contributed by atoms with Crippen LogP contribution in [0.15, 0.2) is 30.4 Å². The van der Waals surface area contributed by atoms with E-state index < -0.39 is 16.6 Å². The smallest absolute Gasteiger partial charge is 0.341 e. The summed E-state index contributed by atoms with van der Waals surface area (Å²) in [6, 6.07) is 6.82. The molecule has 1 aromatic carbocycles. The van der Waals surface area contributed by atoms with Gasteiger partial charge in [0.2, 0.25) is 0 Å². The molecule has 3 saturated heterocycles. The maximum atomic E-state index is 13.2. The molecule has 1 saturated carbocycles. The van der Waals surface area contributed by atoms with Gasteiger partial charge in [-0.25, -0.2) is 4.79 Å². The molecule has 5 heteroatoms. The minimum absolute atomic E-state index is 0.107. The zero-order valence-electron chi connectivity index (χ0n) is 19.9. The number of ketones is 1. The first-order chi connectivity index (χ1) is 15.6. The second-order valence-electron chi connectivity index (χ2n) is 11.9. The van der Waals surface area contributed by atoms with Crippen LogP contribution in [0.2, 0.25) is 0 Å². The van der Waals surface area contributed by atoms with Gasteiger partial charge in [0, 0.05) is 12.3 Å². The van der Waals surface area contributed by atoms with Gasteiger partial charge in [-0.2, -0.15) is 0 Å². The minimum atomic E-state index is -0.767. The lowest BCUT2D eigenvalue weighted by Gasteiger charge is -2.51. The Balaban J connectivity index is 1.18. The molecule has 9 atom stereocenters. The van der Waals surface area contributed by atoms with Crippen LogP contribution >= 0.6 is 0 Å². The van der Waals surface area contributed by atoms with Crippen LogP contribution in [0, 0.1) is 11.3 Å². The number of hydrogen-bond acceptors (Lipinski definition) is 5. The number of rotatable bonds is 2. The lowest BCUT2D eigenvalue weighted by molar-refractivity contribution is -0.159. The molecular weight excluding hydrogens is 416 g/mol. The lowest BCUT2D eigenvalue weighted by Crippen LogP contribution is -2.56. The fourth-order valence-electron chi connectivity index (χ4n) is 8.04. The fourth-order valence-corrected chi connectivity index (χ4v) is 8.04. The standard InChI is InChI=1S/C28H32O5/c1-15(21-14-25(2)27(4,33-25)24(30)31-21)16-7-9-18-17(12-16)8-10-20-19(18)13-23-28(32-23)11-5-6-22(29)26(20,28)3/h5-7,9,12,15,19-21,23H,8,10-11,13-14H2,1-4H3/t15-,19-,20-,21+,23-,25-,26-,27+,28-/m0/s1. The Morgan fingerprint density at radius 3 is 2.76 bits per heavy atom. The van der Waals surface area contributed by atoms with Gasteiger partial charge in [-0.1, -0.05) is 31.2 Å². The molecule has 0 bridgehead atoms. The van der Waals surface area contributed by atoms with Crippen LogP contribution in [0.4, 0.5) is 0 Å². The van der Waals surface area contributed by atoms with Crippen molar-refractivity contribution < 1.29 is 23.8 Å². The van der Waals surface area contributed by atoms with E-state index >= 15 is 0 Å². The van der Waals surface area contributed by atoms with Crippen molar-refractivity contribution in [1.82, 2.24) is 0 Å². The molecule has 6 aliphatic rings. The fraction of sp³-hybridized carbons (Fsp3) is 0.643. The van der Waals surface area contributed by atoms with Crippen molar-refractivity contribution in [3.8, 4) is 0 Å². The van der Waals surface area contributed by atoms with Gasteiger partial charge in [0.25, 0.3) is 0 Å². The number of epoxide rings is 2. The summed E-state index contributed by atoms with van der Waals surface area (Å²) in [6.07, 6.45) is 8.44. The number of allylic oxidation sites excluding steroid dienone is 1. The Bertz CT molecular complexity index is 1140. The van der Waals surface area contributed by atoms with Gasteiger partial charge < -0.3 is 14.2 Å². The molecular formula is C28H32O5. The van der Waals surface area contributed by atoms with Crippen molar-refractivity contribution in [3.63, 3.8) is 0 Å². The highest BCUT2D eigenvalue weighted by atomic mass is 16.7. The van der Waals surface area contributed by atoms with Crippen LogP contribution in [0.1, 0.15) is 81.9 Å². The van der Waals surface area contributed by atoms with Crippen molar-refractivity contribution in [2.45, 2.75) is 101 Å². The van der Waals surface area contributed by atoms with Crippen LogP contribution < -0.4 is 0 Å². The molecule has 4 fully saturated rings. The van der Waals surface area contributed by atoms with Crippen LogP contribution in [0.3, 0.4) is 0 Å². The minimum Gasteiger partial charge on any atom is -0.459 e. The number of hydrogen-bond donors (Lipinski definition) is 0. The van der Waals surface area contributed by atoms with Crippen molar-refractivity contribution >= 4 is 11.8 Å². The highest BCUT2D eigenvalue weighted by Crippen LogP contribution is 2.69. The van der Waals surface area contributed by atoms with E-state index in [9.17, 15) is 9.59 Å². The van der Waals surface area contributed by atoms with E-state index in [-0.39, 0.29) is 35.5 Å². The number of aryl methyl sites for hydroxylation is 1. The first-order valence-corrected chi connectivity index (χ1v) is 12.6. The van der Waals surface area contributed by atoms with Gasteiger partial charge in [0.1, 0.15) is 17.3 Å². The zero-order chi connectivity index (χ0) is 23.0. The second kappa shape index (κ2) is 5.98. The molecule has 0 unspecified atom stereocenters. The maximum absolute atomic E-state index is 13.2. The monoisotopic (exact) mass is 448 g/mol. The summed E-state index contributed by atoms with van der Waals surface area (Å²) >= 11 is 0. The summed E-state index contributed by atoms with van der Waals surface area (Å²) in [7, 11) is 0. The number of esters is 1. The van der Waals surface area contributed by atoms with Crippen molar-refractivity contribution in [1.29, 1.82) is 0 Å². The number of fused-ring (bicyclic) bond motifs is 5. The number of carbonyl (C=O) groups is 2. The van der Waals surface area contributed by atoms with E-state index in [2.05, 4.69) is 32.0 Å². The van der Waals surface area contributed by atoms with Gasteiger partial charge in [-0.05, 0) is 81.1 Å². The molecule has 3 aliphatic carbocycles. The molecule has 5 nitrogen and oxygen atoms in total. The number of carbonyl (C=O) groups excluding carboxylic acids is 2. The molecule has 0 aromatic heterocycles. The molecule has 0 radical (unpaired) electrons.